The van der Waals surface area contributed by atoms with Gasteiger partial charge in [-0.2, -0.15) is 0 Å². The molecule has 7 N–H and O–H groups in total. The van der Waals surface area contributed by atoms with Crippen molar-refractivity contribution in [1.82, 2.24) is 34.1 Å². The van der Waals surface area contributed by atoms with Crippen LogP contribution in [0.2, 0.25) is 0 Å². The van der Waals surface area contributed by atoms with Crippen molar-refractivity contribution in [3.8, 4) is 0 Å². The smallest absolute Gasteiger partial charge is 0.325 e. The lowest BCUT2D eigenvalue weighted by atomic mass is 10.1. The SMILES string of the molecule is Cc1nc2c(ccn2[C@@H]2O[C@@H]3COP(O)(=S)O[C@@H]4C(O)[C@H](n5cnc6c(N)ncnc65)O[C@@H]4COP(O)(=S)O[C@H]2C3O)c(=O)[nH]1. The molecule has 3 saturated heterocycles. The summed E-state index contributed by atoms with van der Waals surface area (Å²) < 4.78 is 37.6. The van der Waals surface area contributed by atoms with Gasteiger partial charge in [0.25, 0.3) is 5.56 Å². The number of ether oxygens (including phenoxy) is 2. The topological polar surface area (TPSA) is 257 Å². The van der Waals surface area contributed by atoms with Gasteiger partial charge in [0.05, 0.1) is 24.9 Å². The number of H-pyrrole nitrogens is 1. The van der Waals surface area contributed by atoms with E-state index in [0.717, 1.165) is 0 Å². The number of aromatic amines is 1. The van der Waals surface area contributed by atoms with Crippen LogP contribution < -0.4 is 11.3 Å². The van der Waals surface area contributed by atoms with Crippen LogP contribution in [0.1, 0.15) is 18.3 Å². The number of rotatable bonds is 2. The molecule has 0 radical (unpaired) electrons. The van der Waals surface area contributed by atoms with E-state index in [2.05, 4.69) is 24.9 Å². The van der Waals surface area contributed by atoms with E-state index in [9.17, 15) is 24.8 Å². The molecule has 19 nitrogen and oxygen atoms in total. The first-order valence-electron chi connectivity index (χ1n) is 13.3. The minimum absolute atomic E-state index is 0.105. The zero-order valence-electron chi connectivity index (χ0n) is 23.0. The number of nitrogens with one attached hydrogen (secondary N) is 1. The molecule has 4 aromatic heterocycles. The molecule has 242 valence electrons. The maximum absolute atomic E-state index is 12.5. The Morgan fingerprint density at radius 2 is 1.64 bits per heavy atom. The molecule has 10 atom stereocenters. The summed E-state index contributed by atoms with van der Waals surface area (Å²) in [5.41, 5.74) is 6.22. The third-order valence-electron chi connectivity index (χ3n) is 7.57. The van der Waals surface area contributed by atoms with E-state index < -0.39 is 81.3 Å². The molecule has 45 heavy (non-hydrogen) atoms. The fourth-order valence-electron chi connectivity index (χ4n) is 5.53. The molecular formula is C22H26N8O11P2S2. The van der Waals surface area contributed by atoms with Gasteiger partial charge in [-0.15, -0.1) is 0 Å². The second-order valence-corrected chi connectivity index (χ2v) is 16.1. The molecule has 3 fully saturated rings. The fraction of sp³-hybridized carbons (Fsp3) is 0.500. The number of aryl methyl sites for hydroxylation is 1. The highest BCUT2D eigenvalue weighted by Gasteiger charge is 2.52. The lowest BCUT2D eigenvalue weighted by Crippen LogP contribution is -2.36. The maximum Gasteiger partial charge on any atom is 0.325 e. The molecule has 3 aliphatic rings. The van der Waals surface area contributed by atoms with Crippen molar-refractivity contribution in [3.05, 3.63) is 41.1 Å². The van der Waals surface area contributed by atoms with Crippen LogP contribution in [0.3, 0.4) is 0 Å². The van der Waals surface area contributed by atoms with E-state index in [-0.39, 0.29) is 28.0 Å². The third kappa shape index (κ3) is 5.66. The van der Waals surface area contributed by atoms with Gasteiger partial charge in [-0.05, 0) is 36.6 Å². The van der Waals surface area contributed by atoms with Gasteiger partial charge in [-0.25, -0.2) is 19.9 Å². The maximum atomic E-state index is 12.5. The van der Waals surface area contributed by atoms with E-state index in [0.29, 0.717) is 5.82 Å². The molecule has 3 aliphatic heterocycles. The second kappa shape index (κ2) is 11.4. The van der Waals surface area contributed by atoms with E-state index in [1.165, 1.54) is 34.1 Å². The quantitative estimate of drug-likeness (QED) is 0.140. The van der Waals surface area contributed by atoms with E-state index in [1.807, 2.05) is 0 Å². The summed E-state index contributed by atoms with van der Waals surface area (Å²) in [5.74, 6) is 0.430. The first-order chi connectivity index (χ1) is 21.3. The average Bonchev–Trinajstić information content (AvgIpc) is 3.72. The number of nitrogen functional groups attached to an aromatic ring is 1. The Hall–Kier alpha value is -2.33. The van der Waals surface area contributed by atoms with E-state index >= 15 is 0 Å². The van der Waals surface area contributed by atoms with Crippen LogP contribution in [0, 0.1) is 6.92 Å². The minimum Gasteiger partial charge on any atom is -0.387 e. The van der Waals surface area contributed by atoms with Gasteiger partial charge in [-0.1, -0.05) is 0 Å². The number of anilines is 1. The molecule has 0 saturated carbocycles. The molecule has 0 spiro atoms. The lowest BCUT2D eigenvalue weighted by molar-refractivity contribution is -0.0605. The molecule has 4 aromatic rings. The molecule has 0 aliphatic carbocycles. The number of hydrogen-bond acceptors (Lipinski definition) is 16. The van der Waals surface area contributed by atoms with Gasteiger partial charge in [-0.3, -0.25) is 18.4 Å². The molecule has 4 unspecified atom stereocenters. The Morgan fingerprint density at radius 1 is 0.956 bits per heavy atom. The predicted octanol–water partition coefficient (Wildman–Crippen LogP) is -0.777. The van der Waals surface area contributed by atoms with Crippen molar-refractivity contribution < 1.29 is 47.6 Å². The number of hydrogen-bond donors (Lipinski definition) is 6. The number of nitrogens with zero attached hydrogens (tertiary/aromatic N) is 6. The van der Waals surface area contributed by atoms with E-state index in [1.54, 1.807) is 6.92 Å². The number of aromatic nitrogens is 7. The van der Waals surface area contributed by atoms with Crippen LogP contribution in [0.4, 0.5) is 5.82 Å². The summed E-state index contributed by atoms with van der Waals surface area (Å²) in [6.45, 7) is -7.74. The Labute approximate surface area is 262 Å². The minimum atomic E-state index is -4.18. The van der Waals surface area contributed by atoms with Crippen LogP contribution in [0.5, 0.6) is 0 Å². The number of aliphatic hydroxyl groups is 2. The summed E-state index contributed by atoms with van der Waals surface area (Å²) in [4.78, 5) is 53.9. The average molecular weight is 705 g/mol. The summed E-state index contributed by atoms with van der Waals surface area (Å²) >= 11 is 10.5. The van der Waals surface area contributed by atoms with E-state index in [4.69, 9.17) is 56.9 Å². The lowest BCUT2D eigenvalue weighted by Gasteiger charge is -2.28. The molecule has 2 bridgehead atoms. The fourth-order valence-corrected chi connectivity index (χ4v) is 8.38. The Bertz CT molecular complexity index is 1940. The summed E-state index contributed by atoms with van der Waals surface area (Å²) in [7, 11) is 0. The van der Waals surface area contributed by atoms with Gasteiger partial charge in [0.1, 0.15) is 59.9 Å². The molecule has 0 aromatic carbocycles. The van der Waals surface area contributed by atoms with Crippen molar-refractivity contribution in [2.24, 2.45) is 0 Å². The molecule has 23 heteroatoms. The van der Waals surface area contributed by atoms with Crippen LogP contribution in [0.25, 0.3) is 22.2 Å². The number of nitrogens with two attached hydrogens (primary N) is 1. The zero-order chi connectivity index (χ0) is 31.8. The van der Waals surface area contributed by atoms with Crippen molar-refractivity contribution >= 4 is 65.1 Å². The molecule has 7 heterocycles. The first-order valence-corrected chi connectivity index (χ1v) is 18.5. The van der Waals surface area contributed by atoms with Gasteiger partial charge < -0.3 is 53.8 Å². The number of fused-ring (bicyclic) bond motifs is 5. The van der Waals surface area contributed by atoms with Gasteiger partial charge in [0.2, 0.25) is 0 Å². The van der Waals surface area contributed by atoms with Gasteiger partial charge >= 0.3 is 13.4 Å². The second-order valence-electron chi connectivity index (χ2n) is 10.5. The Morgan fingerprint density at radius 3 is 2.40 bits per heavy atom. The molecule has 0 amide bonds. The summed E-state index contributed by atoms with van der Waals surface area (Å²) in [5, 5.41) is 22.7. The number of imidazole rings is 1. The zero-order valence-corrected chi connectivity index (χ0v) is 26.4. The van der Waals surface area contributed by atoms with Crippen molar-refractivity contribution in [1.29, 1.82) is 0 Å². The Kier molecular flexibility index (Phi) is 7.94. The highest BCUT2D eigenvalue weighted by Crippen LogP contribution is 2.54. The van der Waals surface area contributed by atoms with Gasteiger partial charge in [0.15, 0.2) is 23.9 Å². The third-order valence-corrected chi connectivity index (χ3v) is 10.7. The van der Waals surface area contributed by atoms with Gasteiger partial charge in [0, 0.05) is 6.20 Å². The monoisotopic (exact) mass is 704 g/mol. The number of aliphatic hydroxyl groups excluding tert-OH is 2. The normalized spacial score (nSPS) is 37.7. The predicted molar refractivity (Wildman–Crippen MR) is 159 cm³/mol. The molecule has 7 rings (SSSR count). The van der Waals surface area contributed by atoms with Crippen LogP contribution in [-0.4, -0.2) is 104 Å². The van der Waals surface area contributed by atoms with Crippen molar-refractivity contribution in [3.63, 3.8) is 0 Å². The van der Waals surface area contributed by atoms with Crippen molar-refractivity contribution in [2.45, 2.75) is 56.0 Å². The van der Waals surface area contributed by atoms with Crippen LogP contribution >= 0.6 is 13.4 Å². The Balaban J connectivity index is 1.21. The van der Waals surface area contributed by atoms with Crippen LogP contribution in [-0.2, 0) is 51.2 Å². The molecular weight excluding hydrogens is 678 g/mol. The van der Waals surface area contributed by atoms with Crippen LogP contribution in [0.15, 0.2) is 29.7 Å². The summed E-state index contributed by atoms with van der Waals surface area (Å²) in [6.07, 6.45) is -6.36. The van der Waals surface area contributed by atoms with Crippen molar-refractivity contribution in [2.75, 3.05) is 18.9 Å². The largest absolute Gasteiger partial charge is 0.387 e. The standard InChI is InChI=1S/C22H26N8O11P2S2/c1-8-27-18-9(20(33)28-8)2-3-29(18)22-16-13(31)10(38-22)4-36-42(34,44)40-15-11(5-37-43(35,45)41-16)39-21(14(15)32)30-7-26-12-17(23)24-6-25-19(12)30/h2-3,6-7,10-11,13-16,21-22,31-32H,4-5H2,1H3,(H,34,44)(H,35,45)(H2,23,24,25)(H,27,28,33)/t10-,11-,13?,14?,15+,16+,21-,22-,42?,43?/m1/s1. The summed E-state index contributed by atoms with van der Waals surface area (Å²) in [6, 6.07) is 1.51. The first kappa shape index (κ1) is 31.3. The highest BCUT2D eigenvalue weighted by atomic mass is 32.5. The highest BCUT2D eigenvalue weighted by molar-refractivity contribution is 8.07.